The molecule has 0 N–H and O–H groups in total. The molecule has 0 fully saturated rings. The van der Waals surface area contributed by atoms with Crippen LogP contribution >= 0.6 is 0 Å². The van der Waals surface area contributed by atoms with Crippen molar-refractivity contribution in [3.8, 4) is 0 Å². The first kappa shape index (κ1) is 10.5. The van der Waals surface area contributed by atoms with E-state index in [0.717, 1.165) is 6.42 Å². The van der Waals surface area contributed by atoms with E-state index in [9.17, 15) is 4.79 Å². The molecule has 45 valence electrons. The molecule has 2 nitrogen and oxygen atoms in total. The van der Waals surface area contributed by atoms with Crippen molar-refractivity contribution >= 4 is 14.9 Å². The van der Waals surface area contributed by atoms with Crippen molar-refractivity contribution in [1.82, 2.24) is 0 Å². The van der Waals surface area contributed by atoms with Crippen LogP contribution in [0.2, 0.25) is 0 Å². The van der Waals surface area contributed by atoms with Crippen LogP contribution in [-0.4, -0.2) is 21.0 Å². The predicted molar refractivity (Wildman–Crippen MR) is 32.7 cm³/mol. The quantitative estimate of drug-likeness (QED) is 0.395. The molecule has 3 radical (unpaired) electrons. The Labute approximate surface area is 51.8 Å². The normalized spacial score (nSPS) is 11.2. The molecule has 0 heterocycles. The molecule has 0 aromatic carbocycles. The average Bonchev–Trinajstić information content (AvgIpc) is 1.68. The van der Waals surface area contributed by atoms with Gasteiger partial charge in [0.05, 0.1) is 6.10 Å². The first-order valence-electron chi connectivity index (χ1n) is 2.40. The van der Waals surface area contributed by atoms with E-state index in [1.807, 2.05) is 13.8 Å². The van der Waals surface area contributed by atoms with Crippen molar-refractivity contribution in [3.63, 3.8) is 0 Å². The Balaban J connectivity index is 0. The Morgan fingerprint density at radius 2 is 2.25 bits per heavy atom. The summed E-state index contributed by atoms with van der Waals surface area (Å²) >= 11 is 0. The van der Waals surface area contributed by atoms with Crippen molar-refractivity contribution in [3.05, 3.63) is 0 Å². The molecule has 0 saturated carbocycles. The zero-order valence-corrected chi connectivity index (χ0v) is 5.26. The first-order chi connectivity index (χ1) is 3.31. The maximum Gasteiger partial charge on any atom is 0.293 e. The third-order valence-corrected chi connectivity index (χ3v) is 0.863. The monoisotopic (exact) mass is 113 g/mol. The summed E-state index contributed by atoms with van der Waals surface area (Å²) in [6.07, 6.45) is 0.969. The van der Waals surface area contributed by atoms with Gasteiger partial charge in [-0.25, -0.2) is 0 Å². The summed E-state index contributed by atoms with van der Waals surface area (Å²) in [5.41, 5.74) is 0. The van der Waals surface area contributed by atoms with Crippen LogP contribution in [0.15, 0.2) is 0 Å². The van der Waals surface area contributed by atoms with E-state index >= 15 is 0 Å². The lowest BCUT2D eigenvalue weighted by Crippen LogP contribution is -2.03. The molecule has 1 unspecified atom stereocenters. The van der Waals surface area contributed by atoms with Crippen LogP contribution < -0.4 is 0 Å². The number of rotatable bonds is 3. The molecule has 1 atom stereocenters. The van der Waals surface area contributed by atoms with E-state index in [1.54, 1.807) is 0 Å². The second-order valence-corrected chi connectivity index (χ2v) is 1.45. The molecule has 0 spiro atoms. The van der Waals surface area contributed by atoms with Gasteiger partial charge < -0.3 is 4.74 Å². The van der Waals surface area contributed by atoms with Crippen molar-refractivity contribution in [1.29, 1.82) is 0 Å². The fourth-order valence-corrected chi connectivity index (χ4v) is 0.191. The summed E-state index contributed by atoms with van der Waals surface area (Å²) in [6, 6.07) is 0. The lowest BCUT2D eigenvalue weighted by molar-refractivity contribution is -0.132. The van der Waals surface area contributed by atoms with Crippen LogP contribution in [0.3, 0.4) is 0 Å². The van der Waals surface area contributed by atoms with E-state index in [1.165, 1.54) is 0 Å². The van der Waals surface area contributed by atoms with Crippen molar-refractivity contribution in [2.75, 3.05) is 0 Å². The Morgan fingerprint density at radius 1 is 1.75 bits per heavy atom. The SMILES string of the molecule is CCC(C)OC=O.[B]. The van der Waals surface area contributed by atoms with Crippen molar-refractivity contribution < 1.29 is 9.53 Å². The molecule has 0 bridgehead atoms. The molecule has 0 aromatic rings. The summed E-state index contributed by atoms with van der Waals surface area (Å²) in [7, 11) is 0. The molecule has 3 heteroatoms. The number of hydrogen-bond donors (Lipinski definition) is 0. The van der Waals surface area contributed by atoms with E-state index in [2.05, 4.69) is 4.74 Å². The maximum absolute atomic E-state index is 9.55. The number of ether oxygens (including phenoxy) is 1. The minimum atomic E-state index is 0. The van der Waals surface area contributed by atoms with E-state index in [-0.39, 0.29) is 14.5 Å². The van der Waals surface area contributed by atoms with Gasteiger partial charge >= 0.3 is 0 Å². The minimum absolute atomic E-state index is 0. The third-order valence-electron chi connectivity index (χ3n) is 0.863. The van der Waals surface area contributed by atoms with Crippen molar-refractivity contribution in [2.24, 2.45) is 0 Å². The lowest BCUT2D eigenvalue weighted by Gasteiger charge is -2.02. The zero-order chi connectivity index (χ0) is 5.70. The van der Waals surface area contributed by atoms with E-state index < -0.39 is 0 Å². The lowest BCUT2D eigenvalue weighted by atomic mass is 10.3. The average molecular weight is 113 g/mol. The fourth-order valence-electron chi connectivity index (χ4n) is 0.191. The summed E-state index contributed by atoms with van der Waals surface area (Å²) < 4.78 is 4.51. The Morgan fingerprint density at radius 3 is 2.38 bits per heavy atom. The topological polar surface area (TPSA) is 26.3 Å². The molecule has 0 amide bonds. The Hall–Kier alpha value is -0.465. The summed E-state index contributed by atoms with van der Waals surface area (Å²) in [5.74, 6) is 0. The van der Waals surface area contributed by atoms with Crippen LogP contribution in [-0.2, 0) is 9.53 Å². The molecule has 0 rings (SSSR count). The van der Waals surface area contributed by atoms with Crippen LogP contribution in [0.25, 0.3) is 0 Å². The second kappa shape index (κ2) is 6.53. The van der Waals surface area contributed by atoms with E-state index in [4.69, 9.17) is 0 Å². The highest BCUT2D eigenvalue weighted by Crippen LogP contribution is 1.90. The highest BCUT2D eigenvalue weighted by atomic mass is 16.5. The Bertz CT molecular complexity index is 56.4. The summed E-state index contributed by atoms with van der Waals surface area (Å²) in [5, 5.41) is 0. The van der Waals surface area contributed by atoms with Gasteiger partial charge in [0.2, 0.25) is 0 Å². The van der Waals surface area contributed by atoms with Crippen LogP contribution in [0, 0.1) is 0 Å². The number of carbonyl (C=O) groups is 1. The second-order valence-electron chi connectivity index (χ2n) is 1.45. The standard InChI is InChI=1S/C5H10O2.B/c1-3-5(2)7-4-6;/h4-5H,3H2,1-2H3;. The van der Waals surface area contributed by atoms with Gasteiger partial charge in [-0.3, -0.25) is 4.79 Å². The number of carbonyl (C=O) groups excluding carboxylic acids is 1. The minimum Gasteiger partial charge on any atom is -0.465 e. The van der Waals surface area contributed by atoms with Gasteiger partial charge in [-0.2, -0.15) is 0 Å². The van der Waals surface area contributed by atoms with Crippen LogP contribution in [0.4, 0.5) is 0 Å². The predicted octanol–water partition coefficient (Wildman–Crippen LogP) is 0.577. The van der Waals surface area contributed by atoms with Gasteiger partial charge in [0.25, 0.3) is 6.47 Å². The molecule has 0 saturated heterocycles. The Kier molecular flexibility index (Phi) is 8.58. The molecule has 0 aliphatic carbocycles. The molecule has 0 aromatic heterocycles. The highest BCUT2D eigenvalue weighted by Gasteiger charge is 1.92. The smallest absolute Gasteiger partial charge is 0.293 e. The van der Waals surface area contributed by atoms with Gasteiger partial charge in [0.15, 0.2) is 0 Å². The van der Waals surface area contributed by atoms with Crippen LogP contribution in [0.5, 0.6) is 0 Å². The van der Waals surface area contributed by atoms with Crippen molar-refractivity contribution in [2.45, 2.75) is 26.4 Å². The highest BCUT2D eigenvalue weighted by molar-refractivity contribution is 5.75. The van der Waals surface area contributed by atoms with Gasteiger partial charge in [0, 0.05) is 8.41 Å². The first-order valence-corrected chi connectivity index (χ1v) is 2.40. The third kappa shape index (κ3) is 5.53. The van der Waals surface area contributed by atoms with Gasteiger partial charge in [-0.1, -0.05) is 6.92 Å². The molecular formula is C5H10BO2. The largest absolute Gasteiger partial charge is 0.465 e. The van der Waals surface area contributed by atoms with Gasteiger partial charge in [0.1, 0.15) is 0 Å². The maximum atomic E-state index is 9.55. The van der Waals surface area contributed by atoms with Crippen LogP contribution in [0.1, 0.15) is 20.3 Å². The van der Waals surface area contributed by atoms with Gasteiger partial charge in [-0.05, 0) is 13.3 Å². The molecule has 8 heavy (non-hydrogen) atoms. The van der Waals surface area contributed by atoms with Gasteiger partial charge in [-0.15, -0.1) is 0 Å². The molecular weight excluding hydrogens is 103 g/mol. The number of hydrogen-bond acceptors (Lipinski definition) is 2. The summed E-state index contributed by atoms with van der Waals surface area (Å²) in [4.78, 5) is 9.55. The molecule has 0 aliphatic rings. The summed E-state index contributed by atoms with van der Waals surface area (Å²) in [6.45, 7) is 4.30. The zero-order valence-electron chi connectivity index (χ0n) is 5.26. The van der Waals surface area contributed by atoms with E-state index in [0.29, 0.717) is 6.47 Å². The fraction of sp³-hybridized carbons (Fsp3) is 0.800. The molecule has 0 aliphatic heterocycles.